The fraction of sp³-hybridized carbons (Fsp3) is 0.385. The largest absolute Gasteiger partial charge is 0.287 e. The molecule has 1 aromatic rings. The Bertz CT molecular complexity index is 436. The van der Waals surface area contributed by atoms with Gasteiger partial charge >= 0.3 is 0 Å². The first kappa shape index (κ1) is 11.2. The highest BCUT2D eigenvalue weighted by Gasteiger charge is 2.22. The quantitative estimate of drug-likeness (QED) is 0.785. The van der Waals surface area contributed by atoms with Gasteiger partial charge in [-0.3, -0.25) is 4.79 Å². The molecule has 1 atom stereocenters. The molecular formula is C13H13NOS. The summed E-state index contributed by atoms with van der Waals surface area (Å²) in [5, 5.41) is 9.11. The van der Waals surface area contributed by atoms with Crippen LogP contribution in [0.5, 0.6) is 0 Å². The second kappa shape index (κ2) is 5.18. The minimum absolute atomic E-state index is 0.146. The highest BCUT2D eigenvalue weighted by Crippen LogP contribution is 2.27. The van der Waals surface area contributed by atoms with Crippen LogP contribution < -0.4 is 0 Å². The van der Waals surface area contributed by atoms with Crippen LogP contribution in [0.4, 0.5) is 0 Å². The first-order chi connectivity index (χ1) is 7.79. The molecule has 0 bridgehead atoms. The summed E-state index contributed by atoms with van der Waals surface area (Å²) in [6.45, 7) is 0. The van der Waals surface area contributed by atoms with Crippen LogP contribution in [0, 0.1) is 17.2 Å². The fourth-order valence-electron chi connectivity index (χ4n) is 1.98. The van der Waals surface area contributed by atoms with Crippen LogP contribution in [0.15, 0.2) is 24.3 Å². The number of thioether (sulfide) groups is 1. The molecule has 1 unspecified atom stereocenters. The van der Waals surface area contributed by atoms with Crippen LogP contribution in [0.1, 0.15) is 24.0 Å². The van der Waals surface area contributed by atoms with E-state index in [9.17, 15) is 4.79 Å². The first-order valence-corrected chi connectivity index (χ1v) is 6.44. The number of hydrogen-bond donors (Lipinski definition) is 0. The number of nitrogens with zero attached hydrogens (tertiary/aromatic N) is 1. The van der Waals surface area contributed by atoms with E-state index in [0.717, 1.165) is 30.6 Å². The van der Waals surface area contributed by atoms with Gasteiger partial charge in [-0.15, -0.1) is 0 Å². The number of benzene rings is 1. The summed E-state index contributed by atoms with van der Waals surface area (Å²) in [6.07, 6.45) is 2.89. The summed E-state index contributed by atoms with van der Waals surface area (Å²) < 4.78 is 0. The summed E-state index contributed by atoms with van der Waals surface area (Å²) in [5.74, 6) is 1.11. The maximum Gasteiger partial charge on any atom is 0.192 e. The van der Waals surface area contributed by atoms with Gasteiger partial charge in [-0.25, -0.2) is 0 Å². The monoisotopic (exact) mass is 231 g/mol. The third-order valence-electron chi connectivity index (χ3n) is 2.81. The van der Waals surface area contributed by atoms with Crippen molar-refractivity contribution in [1.29, 1.82) is 5.26 Å². The Hall–Kier alpha value is -1.27. The van der Waals surface area contributed by atoms with Gasteiger partial charge in [-0.05, 0) is 37.0 Å². The zero-order chi connectivity index (χ0) is 11.4. The Kier molecular flexibility index (Phi) is 3.63. The van der Waals surface area contributed by atoms with Crippen LogP contribution in [0.2, 0.25) is 0 Å². The minimum Gasteiger partial charge on any atom is -0.287 e. The van der Waals surface area contributed by atoms with Crippen LogP contribution in [-0.4, -0.2) is 10.9 Å². The predicted molar refractivity (Wildman–Crippen MR) is 65.1 cm³/mol. The lowest BCUT2D eigenvalue weighted by Crippen LogP contribution is -2.19. The first-order valence-electron chi connectivity index (χ1n) is 5.45. The molecule has 1 fully saturated rings. The molecule has 1 aromatic carbocycles. The maximum atomic E-state index is 11.7. The van der Waals surface area contributed by atoms with Crippen molar-refractivity contribution in [3.8, 4) is 6.07 Å². The lowest BCUT2D eigenvalue weighted by Gasteiger charge is -2.19. The van der Waals surface area contributed by atoms with Gasteiger partial charge in [0.05, 0.1) is 11.6 Å². The average Bonchev–Trinajstić information content (AvgIpc) is 2.32. The van der Waals surface area contributed by atoms with E-state index in [1.165, 1.54) is 11.8 Å². The van der Waals surface area contributed by atoms with E-state index in [1.807, 2.05) is 18.2 Å². The van der Waals surface area contributed by atoms with Crippen LogP contribution in [0.3, 0.4) is 0 Å². The molecule has 1 aliphatic rings. The Morgan fingerprint density at radius 1 is 1.50 bits per heavy atom. The third kappa shape index (κ3) is 2.65. The molecule has 2 nitrogen and oxygen atoms in total. The molecule has 0 radical (unpaired) electrons. The highest BCUT2D eigenvalue weighted by atomic mass is 32.2. The van der Waals surface area contributed by atoms with Crippen molar-refractivity contribution in [3.05, 3.63) is 35.4 Å². The van der Waals surface area contributed by atoms with Crippen molar-refractivity contribution in [1.82, 2.24) is 0 Å². The molecule has 1 heterocycles. The van der Waals surface area contributed by atoms with Gasteiger partial charge in [-0.1, -0.05) is 23.9 Å². The van der Waals surface area contributed by atoms with Crippen LogP contribution in [-0.2, 0) is 11.2 Å². The Labute approximate surface area is 99.7 Å². The molecule has 0 spiro atoms. The molecule has 0 aromatic heterocycles. The lowest BCUT2D eigenvalue weighted by molar-refractivity contribution is -0.114. The van der Waals surface area contributed by atoms with Crippen molar-refractivity contribution in [2.75, 3.05) is 5.75 Å². The van der Waals surface area contributed by atoms with E-state index < -0.39 is 0 Å². The van der Waals surface area contributed by atoms with Gasteiger partial charge in [0.1, 0.15) is 0 Å². The second-order valence-electron chi connectivity index (χ2n) is 4.02. The van der Waals surface area contributed by atoms with Gasteiger partial charge < -0.3 is 0 Å². The van der Waals surface area contributed by atoms with E-state index in [-0.39, 0.29) is 5.92 Å². The van der Waals surface area contributed by atoms with Crippen LogP contribution >= 0.6 is 11.8 Å². The number of carbonyl (C=O) groups excluding carboxylic acids is 1. The molecule has 0 saturated carbocycles. The van der Waals surface area contributed by atoms with E-state index >= 15 is 0 Å². The Balaban J connectivity index is 2.08. The number of carbonyl (C=O) groups is 1. The summed E-state index contributed by atoms with van der Waals surface area (Å²) in [6, 6.07) is 9.68. The lowest BCUT2D eigenvalue weighted by atomic mass is 9.95. The number of rotatable bonds is 2. The maximum absolute atomic E-state index is 11.7. The standard InChI is InChI=1S/C13H13NOS/c14-9-11-4-1-3-10(7-11)8-12-5-2-6-16-13(12)15/h1,3-4,7,12H,2,5-6,8H2. The zero-order valence-corrected chi connectivity index (χ0v) is 9.80. The SMILES string of the molecule is N#Cc1cccc(CC2CCCSC2=O)c1. The van der Waals surface area contributed by atoms with Crippen molar-refractivity contribution in [2.45, 2.75) is 19.3 Å². The van der Waals surface area contributed by atoms with E-state index in [1.54, 1.807) is 6.07 Å². The molecule has 2 rings (SSSR count). The molecule has 16 heavy (non-hydrogen) atoms. The molecule has 3 heteroatoms. The van der Waals surface area contributed by atoms with Crippen molar-refractivity contribution < 1.29 is 4.79 Å². The van der Waals surface area contributed by atoms with Crippen molar-refractivity contribution in [3.63, 3.8) is 0 Å². The summed E-state index contributed by atoms with van der Waals surface area (Å²) in [7, 11) is 0. The third-order valence-corrected chi connectivity index (χ3v) is 3.92. The van der Waals surface area contributed by atoms with Gasteiger partial charge in [0, 0.05) is 11.7 Å². The number of hydrogen-bond acceptors (Lipinski definition) is 3. The normalized spacial score (nSPS) is 20.4. The van der Waals surface area contributed by atoms with E-state index in [4.69, 9.17) is 5.26 Å². The molecule has 1 aliphatic heterocycles. The summed E-state index contributed by atoms with van der Waals surface area (Å²) in [5.41, 5.74) is 1.77. The minimum atomic E-state index is 0.146. The Morgan fingerprint density at radius 2 is 2.38 bits per heavy atom. The van der Waals surface area contributed by atoms with Crippen LogP contribution in [0.25, 0.3) is 0 Å². The smallest absolute Gasteiger partial charge is 0.192 e. The topological polar surface area (TPSA) is 40.9 Å². The predicted octanol–water partition coefficient (Wildman–Crippen LogP) is 2.77. The Morgan fingerprint density at radius 3 is 3.12 bits per heavy atom. The van der Waals surface area contributed by atoms with Gasteiger partial charge in [0.2, 0.25) is 0 Å². The van der Waals surface area contributed by atoms with E-state index in [2.05, 4.69) is 6.07 Å². The molecule has 0 aliphatic carbocycles. The molecule has 0 N–H and O–H groups in total. The summed E-state index contributed by atoms with van der Waals surface area (Å²) in [4.78, 5) is 11.7. The van der Waals surface area contributed by atoms with Crippen molar-refractivity contribution in [2.24, 2.45) is 5.92 Å². The molecule has 82 valence electrons. The highest BCUT2D eigenvalue weighted by molar-refractivity contribution is 8.13. The number of nitriles is 1. The molecular weight excluding hydrogens is 218 g/mol. The average molecular weight is 231 g/mol. The van der Waals surface area contributed by atoms with Gasteiger partial charge in [0.25, 0.3) is 0 Å². The van der Waals surface area contributed by atoms with Gasteiger partial charge in [-0.2, -0.15) is 5.26 Å². The molecule has 1 saturated heterocycles. The zero-order valence-electron chi connectivity index (χ0n) is 8.98. The molecule has 0 amide bonds. The van der Waals surface area contributed by atoms with E-state index in [0.29, 0.717) is 10.7 Å². The second-order valence-corrected chi connectivity index (χ2v) is 5.12. The fourth-order valence-corrected chi connectivity index (χ4v) is 2.93. The van der Waals surface area contributed by atoms with Crippen molar-refractivity contribution >= 4 is 16.9 Å². The van der Waals surface area contributed by atoms with Gasteiger partial charge in [0.15, 0.2) is 5.12 Å². The summed E-state index contributed by atoms with van der Waals surface area (Å²) >= 11 is 1.45.